The summed E-state index contributed by atoms with van der Waals surface area (Å²) in [5.74, 6) is -1.31. The number of unbranched alkanes of at least 4 members (excludes halogenated alkanes) is 1. The van der Waals surface area contributed by atoms with Crippen molar-refractivity contribution < 1.29 is 19.6 Å². The van der Waals surface area contributed by atoms with Crippen LogP contribution in [0.15, 0.2) is 36.4 Å². The average molecular weight is 504 g/mol. The molecule has 0 saturated carbocycles. The van der Waals surface area contributed by atoms with E-state index in [-0.39, 0.29) is 37.1 Å². The molecule has 3 amide bonds. The molecule has 1 aromatic carbocycles. The van der Waals surface area contributed by atoms with Gasteiger partial charge in [0, 0.05) is 13.0 Å². The summed E-state index contributed by atoms with van der Waals surface area (Å²) in [4.78, 5) is 39.9. The Morgan fingerprint density at radius 3 is 2.25 bits per heavy atom. The van der Waals surface area contributed by atoms with Crippen LogP contribution in [-0.2, 0) is 14.4 Å². The number of hydroxylamine groups is 1. The zero-order valence-corrected chi connectivity index (χ0v) is 22.2. The number of hydrogen-bond acceptors (Lipinski definition) is 6. The second-order valence-electron chi connectivity index (χ2n) is 9.92. The highest BCUT2D eigenvalue weighted by Crippen LogP contribution is 2.19. The van der Waals surface area contributed by atoms with E-state index in [4.69, 9.17) is 11.5 Å². The van der Waals surface area contributed by atoms with E-state index in [2.05, 4.69) is 0 Å². The van der Waals surface area contributed by atoms with Crippen LogP contribution in [0.4, 0.5) is 0 Å². The molecule has 0 saturated heterocycles. The van der Waals surface area contributed by atoms with E-state index in [0.717, 1.165) is 12.0 Å². The molecule has 0 aliphatic carbocycles. The minimum Gasteiger partial charge on any atom is -0.330 e. The quantitative estimate of drug-likeness (QED) is 0.165. The van der Waals surface area contributed by atoms with E-state index < -0.39 is 23.9 Å². The largest absolute Gasteiger partial charge is 0.330 e. The first-order valence-corrected chi connectivity index (χ1v) is 12.9. The lowest BCUT2D eigenvalue weighted by atomic mass is 10.1. The number of amides is 3. The van der Waals surface area contributed by atoms with Crippen LogP contribution < -0.4 is 16.9 Å². The molecule has 0 spiro atoms. The molecule has 9 nitrogen and oxygen atoms in total. The number of carbonyl (C=O) groups is 3. The maximum Gasteiger partial charge on any atom is 0.268 e. The Morgan fingerprint density at radius 2 is 1.69 bits per heavy atom. The standard InChI is InChI=1S/C27H45N5O4/c1-20(2)16-17-25(33)32(31(19-21(3)4)27(35)23(29)14-8-9-18-28)24(26(34)30-36)15-10-13-22-11-6-5-7-12-22/h5-7,10-13,20-21,23-24,36H,8-9,14-19,28-29H2,1-4H3,(H,30,34)/t23-,24+/m1/s1. The summed E-state index contributed by atoms with van der Waals surface area (Å²) in [6.07, 6.45) is 6.28. The Kier molecular flexibility index (Phi) is 14.6. The highest BCUT2D eigenvalue weighted by Gasteiger charge is 2.37. The summed E-state index contributed by atoms with van der Waals surface area (Å²) < 4.78 is 0. The lowest BCUT2D eigenvalue weighted by molar-refractivity contribution is -0.176. The molecule has 0 heterocycles. The molecule has 0 bridgehead atoms. The van der Waals surface area contributed by atoms with Crippen molar-refractivity contribution >= 4 is 23.8 Å². The van der Waals surface area contributed by atoms with Gasteiger partial charge in [-0.25, -0.2) is 15.5 Å². The number of nitrogens with two attached hydrogens (primary N) is 2. The topological polar surface area (TPSA) is 142 Å². The molecule has 9 heteroatoms. The van der Waals surface area contributed by atoms with E-state index in [1.165, 1.54) is 10.0 Å². The summed E-state index contributed by atoms with van der Waals surface area (Å²) in [6, 6.07) is 7.56. The Balaban J connectivity index is 3.39. The van der Waals surface area contributed by atoms with Crippen LogP contribution in [0.1, 0.15) is 71.8 Å². The molecule has 6 N–H and O–H groups in total. The number of nitrogens with one attached hydrogen (secondary N) is 1. The Morgan fingerprint density at radius 1 is 1.03 bits per heavy atom. The van der Waals surface area contributed by atoms with Crippen LogP contribution in [-0.4, -0.2) is 58.1 Å². The van der Waals surface area contributed by atoms with Gasteiger partial charge in [0.05, 0.1) is 6.04 Å². The number of hydrazine groups is 1. The van der Waals surface area contributed by atoms with Gasteiger partial charge in [0.2, 0.25) is 5.91 Å². The monoisotopic (exact) mass is 503 g/mol. The predicted molar refractivity (Wildman–Crippen MR) is 142 cm³/mol. The molecule has 0 aliphatic heterocycles. The lowest BCUT2D eigenvalue weighted by Crippen LogP contribution is -2.62. The van der Waals surface area contributed by atoms with Crippen LogP contribution in [0.2, 0.25) is 0 Å². The van der Waals surface area contributed by atoms with Crippen molar-refractivity contribution in [3.63, 3.8) is 0 Å². The third-order valence-electron chi connectivity index (χ3n) is 5.71. The number of rotatable bonds is 15. The summed E-state index contributed by atoms with van der Waals surface area (Å²) in [6.45, 7) is 8.56. The highest BCUT2D eigenvalue weighted by molar-refractivity contribution is 5.90. The van der Waals surface area contributed by atoms with Gasteiger partial charge in [-0.05, 0) is 49.6 Å². The first-order valence-electron chi connectivity index (χ1n) is 12.9. The van der Waals surface area contributed by atoms with Crippen LogP contribution in [0, 0.1) is 11.8 Å². The smallest absolute Gasteiger partial charge is 0.268 e. The van der Waals surface area contributed by atoms with Crippen LogP contribution in [0.25, 0.3) is 6.08 Å². The predicted octanol–water partition coefficient (Wildman–Crippen LogP) is 3.08. The summed E-state index contributed by atoms with van der Waals surface area (Å²) in [5, 5.41) is 12.1. The fourth-order valence-corrected chi connectivity index (χ4v) is 3.75. The SMILES string of the molecule is CC(C)CCC(=O)N([C@@H](CC=Cc1ccccc1)C(=O)NO)N(CC(C)C)C(=O)[C@H](N)CCCCN. The van der Waals surface area contributed by atoms with E-state index in [1.807, 2.05) is 64.1 Å². The average Bonchev–Trinajstić information content (AvgIpc) is 2.85. The second-order valence-corrected chi connectivity index (χ2v) is 9.92. The molecule has 1 aromatic rings. The minimum absolute atomic E-state index is 0.00305. The number of hydrogen-bond donors (Lipinski definition) is 4. The van der Waals surface area contributed by atoms with E-state index >= 15 is 0 Å². The molecule has 0 aliphatic rings. The molecule has 0 aromatic heterocycles. The fourth-order valence-electron chi connectivity index (χ4n) is 3.75. The molecule has 202 valence electrons. The van der Waals surface area contributed by atoms with Gasteiger partial charge in [-0.15, -0.1) is 0 Å². The molecule has 2 atom stereocenters. The first kappa shape index (κ1) is 31.3. The lowest BCUT2D eigenvalue weighted by Gasteiger charge is -2.41. The van der Waals surface area contributed by atoms with Crippen molar-refractivity contribution in [3.8, 4) is 0 Å². The minimum atomic E-state index is -1.13. The Labute approximate surface area is 215 Å². The molecular formula is C27H45N5O4. The number of nitrogens with zero attached hydrogens (tertiary/aromatic N) is 2. The van der Waals surface area contributed by atoms with Crippen molar-refractivity contribution in [2.24, 2.45) is 23.3 Å². The zero-order chi connectivity index (χ0) is 27.1. The van der Waals surface area contributed by atoms with Crippen molar-refractivity contribution in [1.29, 1.82) is 0 Å². The maximum atomic E-state index is 13.5. The summed E-state index contributed by atoms with van der Waals surface area (Å²) in [7, 11) is 0. The van der Waals surface area contributed by atoms with Gasteiger partial charge < -0.3 is 11.5 Å². The van der Waals surface area contributed by atoms with Crippen LogP contribution in [0.3, 0.4) is 0 Å². The molecule has 1 rings (SSSR count). The van der Waals surface area contributed by atoms with Gasteiger partial charge in [0.25, 0.3) is 11.8 Å². The van der Waals surface area contributed by atoms with E-state index in [1.54, 1.807) is 11.6 Å². The molecule has 0 radical (unpaired) electrons. The number of carbonyl (C=O) groups excluding carboxylic acids is 3. The summed E-state index contributed by atoms with van der Waals surface area (Å²) >= 11 is 0. The molecule has 36 heavy (non-hydrogen) atoms. The third kappa shape index (κ3) is 10.9. The third-order valence-corrected chi connectivity index (χ3v) is 5.71. The van der Waals surface area contributed by atoms with Gasteiger partial charge in [-0.2, -0.15) is 0 Å². The normalized spacial score (nSPS) is 13.1. The van der Waals surface area contributed by atoms with Crippen molar-refractivity contribution in [2.45, 2.75) is 78.3 Å². The van der Waals surface area contributed by atoms with Gasteiger partial charge in [0.15, 0.2) is 0 Å². The van der Waals surface area contributed by atoms with Gasteiger partial charge in [0.1, 0.15) is 6.04 Å². The molecule has 0 unspecified atom stereocenters. The molecular weight excluding hydrogens is 458 g/mol. The zero-order valence-electron chi connectivity index (χ0n) is 22.2. The summed E-state index contributed by atoms with van der Waals surface area (Å²) in [5.41, 5.74) is 14.4. The van der Waals surface area contributed by atoms with Gasteiger partial charge in [-0.3, -0.25) is 19.6 Å². The molecule has 0 fully saturated rings. The Bertz CT molecular complexity index is 829. The van der Waals surface area contributed by atoms with Crippen molar-refractivity contribution in [3.05, 3.63) is 42.0 Å². The number of benzene rings is 1. The van der Waals surface area contributed by atoms with E-state index in [0.29, 0.717) is 25.8 Å². The van der Waals surface area contributed by atoms with Gasteiger partial charge >= 0.3 is 0 Å². The Hall–Kier alpha value is -2.75. The second kappa shape index (κ2) is 16.8. The van der Waals surface area contributed by atoms with Crippen molar-refractivity contribution in [1.82, 2.24) is 15.5 Å². The van der Waals surface area contributed by atoms with Crippen LogP contribution >= 0.6 is 0 Å². The fraction of sp³-hybridized carbons (Fsp3) is 0.593. The van der Waals surface area contributed by atoms with E-state index in [9.17, 15) is 19.6 Å². The maximum absolute atomic E-state index is 13.5. The van der Waals surface area contributed by atoms with Gasteiger partial charge in [-0.1, -0.05) is 76.6 Å². The first-order chi connectivity index (χ1) is 17.1. The highest BCUT2D eigenvalue weighted by atomic mass is 16.5. The van der Waals surface area contributed by atoms with Crippen LogP contribution in [0.5, 0.6) is 0 Å². The van der Waals surface area contributed by atoms with Crippen molar-refractivity contribution in [2.75, 3.05) is 13.1 Å².